The Kier molecular flexibility index (Phi) is 3.22. The molecule has 0 N–H and O–H groups in total. The van der Waals surface area contributed by atoms with E-state index in [1.54, 1.807) is 0 Å². The Balaban J connectivity index is 1.98. The predicted octanol–water partition coefficient (Wildman–Crippen LogP) is 3.05. The van der Waals surface area contributed by atoms with Crippen LogP contribution in [0.2, 0.25) is 0 Å². The van der Waals surface area contributed by atoms with Crippen LogP contribution in [0.1, 0.15) is 32.4 Å². The molecule has 1 aromatic rings. The molecule has 0 saturated carbocycles. The molecule has 0 unspecified atom stereocenters. The van der Waals surface area contributed by atoms with Crippen molar-refractivity contribution in [3.63, 3.8) is 0 Å². The monoisotopic (exact) mass is 258 g/mol. The Hall–Kier alpha value is -1.15. The van der Waals surface area contributed by atoms with Crippen molar-refractivity contribution >= 4 is 0 Å². The van der Waals surface area contributed by atoms with Gasteiger partial charge in [-0.2, -0.15) is 0 Å². The number of allylic oxidation sites excluding steroid dienone is 1. The lowest BCUT2D eigenvalue weighted by Crippen LogP contribution is -2.43. The van der Waals surface area contributed by atoms with E-state index >= 15 is 0 Å². The molecule has 0 aromatic carbocycles. The van der Waals surface area contributed by atoms with Crippen molar-refractivity contribution in [1.29, 1.82) is 0 Å². The maximum Gasteiger partial charge on any atom is 0.174 e. The molecule has 5 atom stereocenters. The highest BCUT2D eigenvalue weighted by molar-refractivity contribution is 5.22. The Morgan fingerprint density at radius 3 is 2.84 bits per heavy atom. The van der Waals surface area contributed by atoms with Gasteiger partial charge in [0.25, 0.3) is 0 Å². The lowest BCUT2D eigenvalue weighted by Gasteiger charge is -2.47. The minimum atomic E-state index is 0.224. The van der Waals surface area contributed by atoms with E-state index in [0.717, 1.165) is 6.61 Å². The SMILES string of the molecule is CC1=C[C@H](C)[C@H]2CO[C@H](c3ccc[n+](C)c3)[C@H]1[C@H]2C. The molecule has 2 heteroatoms. The van der Waals surface area contributed by atoms with Crippen molar-refractivity contribution in [2.75, 3.05) is 6.61 Å². The van der Waals surface area contributed by atoms with Crippen molar-refractivity contribution in [3.8, 4) is 0 Å². The average molecular weight is 258 g/mol. The molecule has 0 radical (unpaired) electrons. The number of aromatic nitrogens is 1. The molecule has 1 aromatic heterocycles. The summed E-state index contributed by atoms with van der Waals surface area (Å²) in [6, 6.07) is 4.31. The Bertz CT molecular complexity index is 508. The Morgan fingerprint density at radius 2 is 2.11 bits per heavy atom. The smallest absolute Gasteiger partial charge is 0.174 e. The molecular formula is C17H24NO+. The molecule has 1 fully saturated rings. The van der Waals surface area contributed by atoms with Gasteiger partial charge in [-0.3, -0.25) is 0 Å². The normalized spacial score (nSPS) is 37.9. The fourth-order valence-corrected chi connectivity index (χ4v) is 4.03. The highest BCUT2D eigenvalue weighted by Crippen LogP contribution is 2.49. The number of pyridine rings is 1. The number of aryl methyl sites for hydroxylation is 1. The standard InChI is InChI=1S/C17H24NO/c1-11-8-12(2)16-13(3)15(11)10-19-17(16)14-6-5-7-18(4)9-14/h5-9,11,13,15-17H,10H2,1-4H3/q+1/t11-,13-,15+,16+,17+/m0/s1. The molecule has 1 saturated heterocycles. The van der Waals surface area contributed by atoms with Crippen molar-refractivity contribution in [2.45, 2.75) is 26.9 Å². The largest absolute Gasteiger partial charge is 0.372 e. The van der Waals surface area contributed by atoms with Crippen LogP contribution >= 0.6 is 0 Å². The van der Waals surface area contributed by atoms with Gasteiger partial charge in [-0.05, 0) is 30.7 Å². The van der Waals surface area contributed by atoms with Gasteiger partial charge < -0.3 is 4.74 Å². The first kappa shape index (κ1) is 12.9. The van der Waals surface area contributed by atoms with Crippen LogP contribution in [0, 0.1) is 23.7 Å². The number of hydrogen-bond donors (Lipinski definition) is 0. The molecule has 2 aliphatic rings. The lowest BCUT2D eigenvalue weighted by molar-refractivity contribution is -0.672. The summed E-state index contributed by atoms with van der Waals surface area (Å²) in [5.74, 6) is 2.59. The fourth-order valence-electron chi connectivity index (χ4n) is 4.03. The molecular weight excluding hydrogens is 234 g/mol. The topological polar surface area (TPSA) is 13.1 Å². The van der Waals surface area contributed by atoms with Gasteiger partial charge in [0.1, 0.15) is 7.05 Å². The second kappa shape index (κ2) is 4.75. The summed E-state index contributed by atoms with van der Waals surface area (Å²) in [5.41, 5.74) is 2.81. The molecule has 102 valence electrons. The van der Waals surface area contributed by atoms with E-state index in [1.165, 1.54) is 11.1 Å². The summed E-state index contributed by atoms with van der Waals surface area (Å²) in [6.45, 7) is 7.90. The van der Waals surface area contributed by atoms with Crippen LogP contribution in [0.4, 0.5) is 0 Å². The second-order valence-corrected chi connectivity index (χ2v) is 6.38. The second-order valence-electron chi connectivity index (χ2n) is 6.38. The zero-order chi connectivity index (χ0) is 13.6. The number of fused-ring (bicyclic) bond motifs is 2. The Morgan fingerprint density at radius 1 is 1.32 bits per heavy atom. The predicted molar refractivity (Wildman–Crippen MR) is 75.4 cm³/mol. The van der Waals surface area contributed by atoms with E-state index < -0.39 is 0 Å². The maximum atomic E-state index is 6.24. The molecule has 19 heavy (non-hydrogen) atoms. The zero-order valence-electron chi connectivity index (χ0n) is 12.3. The number of nitrogens with zero attached hydrogens (tertiary/aromatic N) is 1. The third kappa shape index (κ3) is 2.12. The van der Waals surface area contributed by atoms with Gasteiger partial charge in [0.2, 0.25) is 0 Å². The van der Waals surface area contributed by atoms with E-state index in [9.17, 15) is 0 Å². The quantitative estimate of drug-likeness (QED) is 0.557. The lowest BCUT2D eigenvalue weighted by atomic mass is 9.65. The van der Waals surface area contributed by atoms with Crippen LogP contribution in [0.5, 0.6) is 0 Å². The zero-order valence-corrected chi connectivity index (χ0v) is 12.3. The molecule has 2 bridgehead atoms. The molecule has 2 heterocycles. The van der Waals surface area contributed by atoms with Gasteiger partial charge in [0.05, 0.1) is 12.7 Å². The molecule has 2 nitrogen and oxygen atoms in total. The number of ether oxygens (including phenoxy) is 1. The first-order chi connectivity index (χ1) is 9.08. The van der Waals surface area contributed by atoms with Gasteiger partial charge in [-0.15, -0.1) is 0 Å². The summed E-state index contributed by atoms with van der Waals surface area (Å²) in [4.78, 5) is 0. The molecule has 3 rings (SSSR count). The van der Waals surface area contributed by atoms with Crippen molar-refractivity contribution in [3.05, 3.63) is 41.7 Å². The minimum absolute atomic E-state index is 0.224. The van der Waals surface area contributed by atoms with Crippen molar-refractivity contribution in [2.24, 2.45) is 30.7 Å². The van der Waals surface area contributed by atoms with Crippen molar-refractivity contribution in [1.82, 2.24) is 0 Å². The molecule has 0 spiro atoms. The van der Waals surface area contributed by atoms with Gasteiger partial charge in [0, 0.05) is 17.5 Å². The summed E-state index contributed by atoms with van der Waals surface area (Å²) < 4.78 is 8.35. The minimum Gasteiger partial charge on any atom is -0.372 e. The highest BCUT2D eigenvalue weighted by atomic mass is 16.5. The summed E-state index contributed by atoms with van der Waals surface area (Å²) in [7, 11) is 2.07. The van der Waals surface area contributed by atoms with E-state index in [2.05, 4.69) is 63.0 Å². The first-order valence-electron chi connectivity index (χ1n) is 7.33. The third-order valence-electron chi connectivity index (χ3n) is 5.05. The van der Waals surface area contributed by atoms with Crippen LogP contribution in [-0.4, -0.2) is 6.61 Å². The van der Waals surface area contributed by atoms with Gasteiger partial charge >= 0.3 is 0 Å². The van der Waals surface area contributed by atoms with Crippen LogP contribution < -0.4 is 4.57 Å². The van der Waals surface area contributed by atoms with Crippen molar-refractivity contribution < 1.29 is 9.30 Å². The third-order valence-corrected chi connectivity index (χ3v) is 5.05. The number of rotatable bonds is 1. The highest BCUT2D eigenvalue weighted by Gasteiger charge is 2.44. The molecule has 0 amide bonds. The molecule has 1 aliphatic heterocycles. The number of hydrogen-bond acceptors (Lipinski definition) is 1. The first-order valence-corrected chi connectivity index (χ1v) is 7.33. The van der Waals surface area contributed by atoms with Crippen LogP contribution in [-0.2, 0) is 11.8 Å². The van der Waals surface area contributed by atoms with E-state index in [1.807, 2.05) is 0 Å². The van der Waals surface area contributed by atoms with E-state index in [-0.39, 0.29) is 6.10 Å². The van der Waals surface area contributed by atoms with Gasteiger partial charge in [-0.25, -0.2) is 4.57 Å². The summed E-state index contributed by atoms with van der Waals surface area (Å²) in [5, 5.41) is 0. The van der Waals surface area contributed by atoms with Crippen LogP contribution in [0.3, 0.4) is 0 Å². The van der Waals surface area contributed by atoms with E-state index in [0.29, 0.717) is 23.7 Å². The maximum absolute atomic E-state index is 6.24. The molecule has 1 aliphatic carbocycles. The fraction of sp³-hybridized carbons (Fsp3) is 0.588. The Labute approximate surface area is 116 Å². The summed E-state index contributed by atoms with van der Waals surface area (Å²) >= 11 is 0. The summed E-state index contributed by atoms with van der Waals surface area (Å²) in [6.07, 6.45) is 6.96. The van der Waals surface area contributed by atoms with Gasteiger partial charge in [0.15, 0.2) is 12.4 Å². The van der Waals surface area contributed by atoms with Crippen LogP contribution in [0.25, 0.3) is 0 Å². The van der Waals surface area contributed by atoms with Gasteiger partial charge in [-0.1, -0.05) is 25.5 Å². The van der Waals surface area contributed by atoms with E-state index in [4.69, 9.17) is 4.74 Å². The van der Waals surface area contributed by atoms with Crippen LogP contribution in [0.15, 0.2) is 36.2 Å². The average Bonchev–Trinajstić information content (AvgIpc) is 2.35.